The first kappa shape index (κ1) is 17.6. The molecule has 3 atom stereocenters. The first-order valence-electron chi connectivity index (χ1n) is 7.94. The molecule has 1 saturated heterocycles. The zero-order chi connectivity index (χ0) is 14.7. The Hall–Kier alpha value is -0.710. The summed E-state index contributed by atoms with van der Waals surface area (Å²) in [4.78, 5) is 15.9. The highest BCUT2D eigenvalue weighted by Gasteiger charge is 2.34. The van der Waals surface area contributed by atoms with E-state index < -0.39 is 0 Å². The highest BCUT2D eigenvalue weighted by Crippen LogP contribution is 2.30. The molecule has 2 fully saturated rings. The van der Waals surface area contributed by atoms with Gasteiger partial charge in [-0.1, -0.05) is 18.2 Å². The van der Waals surface area contributed by atoms with Crippen LogP contribution in [0.3, 0.4) is 0 Å². The molecule has 0 aromatic heterocycles. The number of carbonyl (C=O) groups excluding carboxylic acids is 1. The van der Waals surface area contributed by atoms with Gasteiger partial charge in [-0.2, -0.15) is 0 Å². The quantitative estimate of drug-likeness (QED) is 0.856. The van der Waals surface area contributed by atoms with Crippen LogP contribution < -0.4 is 5.73 Å². The SMILES string of the molecule is Cl.NC1CCC(C(=O)N2CCC(CSc3ccccc3)C2)C1. The molecule has 0 bridgehead atoms. The molecular formula is C17H25ClN2OS. The molecule has 1 aromatic rings. The van der Waals surface area contributed by atoms with Crippen LogP contribution in [-0.4, -0.2) is 35.7 Å². The van der Waals surface area contributed by atoms with Crippen molar-refractivity contribution < 1.29 is 4.79 Å². The predicted octanol–water partition coefficient (Wildman–Crippen LogP) is 3.18. The molecule has 3 unspecified atom stereocenters. The summed E-state index contributed by atoms with van der Waals surface area (Å²) in [5.74, 6) is 2.29. The molecule has 2 N–H and O–H groups in total. The Bertz CT molecular complexity index is 485. The van der Waals surface area contributed by atoms with Crippen LogP contribution in [0.4, 0.5) is 0 Å². The molecule has 1 aliphatic carbocycles. The van der Waals surface area contributed by atoms with Gasteiger partial charge in [0.05, 0.1) is 0 Å². The molecule has 22 heavy (non-hydrogen) atoms. The lowest BCUT2D eigenvalue weighted by Crippen LogP contribution is -2.34. The van der Waals surface area contributed by atoms with Crippen LogP contribution in [0.15, 0.2) is 35.2 Å². The maximum Gasteiger partial charge on any atom is 0.225 e. The monoisotopic (exact) mass is 340 g/mol. The van der Waals surface area contributed by atoms with Crippen LogP contribution in [-0.2, 0) is 4.79 Å². The normalized spacial score (nSPS) is 27.7. The zero-order valence-electron chi connectivity index (χ0n) is 12.8. The van der Waals surface area contributed by atoms with Gasteiger partial charge in [0, 0.05) is 35.7 Å². The second kappa shape index (κ2) is 8.23. The van der Waals surface area contributed by atoms with Gasteiger partial charge in [0.15, 0.2) is 0 Å². The van der Waals surface area contributed by atoms with E-state index >= 15 is 0 Å². The molecule has 0 spiro atoms. The largest absolute Gasteiger partial charge is 0.342 e. The van der Waals surface area contributed by atoms with Crippen LogP contribution in [0.1, 0.15) is 25.7 Å². The van der Waals surface area contributed by atoms with Crippen molar-refractivity contribution in [3.8, 4) is 0 Å². The number of carbonyl (C=O) groups is 1. The van der Waals surface area contributed by atoms with Crippen LogP contribution >= 0.6 is 24.2 Å². The lowest BCUT2D eigenvalue weighted by atomic mass is 10.1. The average Bonchev–Trinajstić information content (AvgIpc) is 3.14. The van der Waals surface area contributed by atoms with E-state index in [0.717, 1.165) is 44.5 Å². The van der Waals surface area contributed by atoms with E-state index in [0.29, 0.717) is 11.8 Å². The number of thioether (sulfide) groups is 1. The number of halogens is 1. The summed E-state index contributed by atoms with van der Waals surface area (Å²) in [6.07, 6.45) is 4.03. The molecule has 1 amide bonds. The molecule has 5 heteroatoms. The number of hydrogen-bond acceptors (Lipinski definition) is 3. The Morgan fingerprint density at radius 2 is 2.00 bits per heavy atom. The number of likely N-dealkylation sites (tertiary alicyclic amines) is 1. The molecule has 1 aromatic carbocycles. The first-order valence-corrected chi connectivity index (χ1v) is 8.93. The van der Waals surface area contributed by atoms with Crippen LogP contribution in [0.5, 0.6) is 0 Å². The minimum atomic E-state index is 0. The lowest BCUT2D eigenvalue weighted by molar-refractivity contribution is -0.134. The van der Waals surface area contributed by atoms with Crippen molar-refractivity contribution in [1.29, 1.82) is 0 Å². The third-order valence-electron chi connectivity index (χ3n) is 4.65. The summed E-state index contributed by atoms with van der Waals surface area (Å²) < 4.78 is 0. The van der Waals surface area contributed by atoms with Crippen molar-refractivity contribution in [1.82, 2.24) is 4.90 Å². The first-order chi connectivity index (χ1) is 10.2. The summed E-state index contributed by atoms with van der Waals surface area (Å²) in [5.41, 5.74) is 5.93. The van der Waals surface area contributed by atoms with E-state index in [4.69, 9.17) is 5.73 Å². The molecule has 1 heterocycles. The van der Waals surface area contributed by atoms with E-state index in [1.807, 2.05) is 17.8 Å². The maximum atomic E-state index is 12.5. The van der Waals surface area contributed by atoms with Crippen LogP contribution in [0, 0.1) is 11.8 Å². The number of nitrogens with two attached hydrogens (primary N) is 1. The van der Waals surface area contributed by atoms with Gasteiger partial charge in [0.1, 0.15) is 0 Å². The minimum absolute atomic E-state index is 0. The molecule has 3 nitrogen and oxygen atoms in total. The molecule has 1 aliphatic heterocycles. The Morgan fingerprint density at radius 1 is 1.23 bits per heavy atom. The van der Waals surface area contributed by atoms with Crippen LogP contribution in [0.25, 0.3) is 0 Å². The minimum Gasteiger partial charge on any atom is -0.342 e. The summed E-state index contributed by atoms with van der Waals surface area (Å²) in [6.45, 7) is 1.87. The van der Waals surface area contributed by atoms with E-state index in [9.17, 15) is 4.79 Å². The van der Waals surface area contributed by atoms with Gasteiger partial charge in [0.25, 0.3) is 0 Å². The van der Waals surface area contributed by atoms with Gasteiger partial charge in [-0.25, -0.2) is 0 Å². The molecule has 0 radical (unpaired) electrons. The number of hydrogen-bond donors (Lipinski definition) is 1. The molecule has 3 rings (SSSR count). The van der Waals surface area contributed by atoms with Crippen molar-refractivity contribution in [3.63, 3.8) is 0 Å². The van der Waals surface area contributed by atoms with Gasteiger partial charge in [-0.15, -0.1) is 24.2 Å². The highest BCUT2D eigenvalue weighted by atomic mass is 35.5. The fraction of sp³-hybridized carbons (Fsp3) is 0.588. The Morgan fingerprint density at radius 3 is 2.68 bits per heavy atom. The standard InChI is InChI=1S/C17H24N2OS.ClH/c18-15-7-6-14(10-15)17(20)19-9-8-13(11-19)12-21-16-4-2-1-3-5-16;/h1-5,13-15H,6-12,18H2;1H. The van der Waals surface area contributed by atoms with Crippen molar-refractivity contribution in [2.45, 2.75) is 36.6 Å². The van der Waals surface area contributed by atoms with E-state index in [2.05, 4.69) is 29.2 Å². The number of benzene rings is 1. The number of rotatable bonds is 4. The lowest BCUT2D eigenvalue weighted by Gasteiger charge is -2.20. The summed E-state index contributed by atoms with van der Waals surface area (Å²) >= 11 is 1.91. The maximum absolute atomic E-state index is 12.5. The molecule has 1 saturated carbocycles. The van der Waals surface area contributed by atoms with Crippen molar-refractivity contribution in [3.05, 3.63) is 30.3 Å². The summed E-state index contributed by atoms with van der Waals surface area (Å²) in [7, 11) is 0. The van der Waals surface area contributed by atoms with E-state index in [1.165, 1.54) is 4.90 Å². The fourth-order valence-corrected chi connectivity index (χ4v) is 4.45. The molecular weight excluding hydrogens is 316 g/mol. The average molecular weight is 341 g/mol. The van der Waals surface area contributed by atoms with Gasteiger partial charge in [0.2, 0.25) is 5.91 Å². The predicted molar refractivity (Wildman–Crippen MR) is 94.4 cm³/mol. The topological polar surface area (TPSA) is 46.3 Å². The summed E-state index contributed by atoms with van der Waals surface area (Å²) in [5, 5.41) is 0. The van der Waals surface area contributed by atoms with Gasteiger partial charge in [-0.05, 0) is 43.7 Å². The second-order valence-electron chi connectivity index (χ2n) is 6.33. The van der Waals surface area contributed by atoms with Crippen molar-refractivity contribution >= 4 is 30.1 Å². The Labute approximate surface area is 143 Å². The van der Waals surface area contributed by atoms with Gasteiger partial charge < -0.3 is 10.6 Å². The fourth-order valence-electron chi connectivity index (χ4n) is 3.40. The second-order valence-corrected chi connectivity index (χ2v) is 7.43. The Balaban J connectivity index is 0.00000176. The highest BCUT2D eigenvalue weighted by molar-refractivity contribution is 7.99. The van der Waals surface area contributed by atoms with E-state index in [1.54, 1.807) is 0 Å². The van der Waals surface area contributed by atoms with Gasteiger partial charge >= 0.3 is 0 Å². The molecule has 122 valence electrons. The van der Waals surface area contributed by atoms with Crippen molar-refractivity contribution in [2.75, 3.05) is 18.8 Å². The smallest absolute Gasteiger partial charge is 0.225 e. The van der Waals surface area contributed by atoms with E-state index in [-0.39, 0.29) is 24.4 Å². The van der Waals surface area contributed by atoms with Crippen molar-refractivity contribution in [2.24, 2.45) is 17.6 Å². The number of nitrogens with zero attached hydrogens (tertiary/aromatic N) is 1. The van der Waals surface area contributed by atoms with Crippen LogP contribution in [0.2, 0.25) is 0 Å². The molecule has 2 aliphatic rings. The third kappa shape index (κ3) is 4.40. The zero-order valence-corrected chi connectivity index (χ0v) is 14.5. The number of amides is 1. The third-order valence-corrected chi connectivity index (χ3v) is 5.89. The van der Waals surface area contributed by atoms with Gasteiger partial charge in [-0.3, -0.25) is 4.79 Å². The Kier molecular flexibility index (Phi) is 6.60. The summed E-state index contributed by atoms with van der Waals surface area (Å²) in [6, 6.07) is 10.8.